The van der Waals surface area contributed by atoms with Crippen molar-refractivity contribution >= 4 is 22.9 Å². The molecule has 0 N–H and O–H groups in total. The fourth-order valence-corrected chi connectivity index (χ4v) is 5.43. The number of benzene rings is 1. The molecule has 1 aromatic carbocycles. The number of nitrogens with zero attached hydrogens (tertiary/aromatic N) is 4. The number of halogens is 1. The minimum Gasteiger partial charge on any atom is -0.444 e. The van der Waals surface area contributed by atoms with E-state index in [1.54, 1.807) is 11.0 Å². The first-order valence-electron chi connectivity index (χ1n) is 12.6. The van der Waals surface area contributed by atoms with Crippen molar-refractivity contribution in [2.24, 2.45) is 0 Å². The normalized spacial score (nSPS) is 20.4. The maximum atomic E-state index is 13.5. The van der Waals surface area contributed by atoms with E-state index in [-0.39, 0.29) is 18.5 Å². The van der Waals surface area contributed by atoms with Crippen LogP contribution in [0.1, 0.15) is 64.1 Å². The number of hydrogen-bond acceptors (Lipinski definition) is 4. The fraction of sp³-hybridized carbons (Fsp3) is 0.593. The number of nitriles is 1. The van der Waals surface area contributed by atoms with E-state index in [1.165, 1.54) is 0 Å². The summed E-state index contributed by atoms with van der Waals surface area (Å²) in [7, 11) is 0. The van der Waals surface area contributed by atoms with Gasteiger partial charge in [0.15, 0.2) is 0 Å². The topological polar surface area (TPSA) is 78.6 Å². The number of likely N-dealkylation sites (tertiary alicyclic amines) is 2. The molecule has 0 bridgehead atoms. The number of rotatable bonds is 6. The molecule has 2 aliphatic heterocycles. The van der Waals surface area contributed by atoms with Crippen LogP contribution in [0.3, 0.4) is 0 Å². The van der Waals surface area contributed by atoms with E-state index in [1.807, 2.05) is 42.4 Å². The second kappa shape index (κ2) is 10.3. The minimum absolute atomic E-state index is 0.0128. The average Bonchev–Trinajstić information content (AvgIpc) is 3.55. The van der Waals surface area contributed by atoms with Crippen molar-refractivity contribution in [1.82, 2.24) is 14.4 Å². The number of amides is 2. The van der Waals surface area contributed by atoms with E-state index in [9.17, 15) is 19.2 Å². The summed E-state index contributed by atoms with van der Waals surface area (Å²) in [6.45, 7) is 6.49. The Morgan fingerprint density at radius 1 is 1.14 bits per heavy atom. The number of aromatic nitrogens is 1. The second-order valence-corrected chi connectivity index (χ2v) is 10.6. The lowest BCUT2D eigenvalue weighted by molar-refractivity contribution is -0.136. The molecule has 2 aliphatic rings. The zero-order valence-corrected chi connectivity index (χ0v) is 20.9. The monoisotopic (exact) mass is 482 g/mol. The molecule has 2 saturated heterocycles. The van der Waals surface area contributed by atoms with Gasteiger partial charge >= 0.3 is 6.09 Å². The second-order valence-electron chi connectivity index (χ2n) is 10.6. The summed E-state index contributed by atoms with van der Waals surface area (Å²) in [5, 5.41) is 10.2. The van der Waals surface area contributed by atoms with E-state index in [2.05, 4.69) is 12.1 Å². The quantitative estimate of drug-likeness (QED) is 0.592. The van der Waals surface area contributed by atoms with E-state index in [0.29, 0.717) is 31.5 Å². The van der Waals surface area contributed by atoms with Crippen molar-refractivity contribution in [2.45, 2.75) is 83.5 Å². The molecule has 2 fully saturated rings. The number of alkyl halides is 1. The number of fused-ring (bicyclic) bond motifs is 1. The fourth-order valence-electron chi connectivity index (χ4n) is 5.43. The van der Waals surface area contributed by atoms with Crippen LogP contribution in [0.2, 0.25) is 0 Å². The van der Waals surface area contributed by atoms with E-state index < -0.39 is 24.4 Å². The smallest absolute Gasteiger partial charge is 0.410 e. The van der Waals surface area contributed by atoms with Crippen LogP contribution in [0.15, 0.2) is 24.3 Å². The van der Waals surface area contributed by atoms with E-state index in [4.69, 9.17) is 4.74 Å². The highest BCUT2D eigenvalue weighted by Gasteiger charge is 2.41. The Bertz CT molecular complexity index is 1130. The zero-order chi connectivity index (χ0) is 25.2. The molecule has 2 atom stereocenters. The van der Waals surface area contributed by atoms with Crippen LogP contribution < -0.4 is 0 Å². The van der Waals surface area contributed by atoms with Gasteiger partial charge < -0.3 is 14.2 Å². The molecular formula is C27H35FN4O3. The van der Waals surface area contributed by atoms with Gasteiger partial charge in [-0.2, -0.15) is 5.26 Å². The van der Waals surface area contributed by atoms with Crippen LogP contribution in [0.4, 0.5) is 9.18 Å². The minimum atomic E-state index is -0.602. The van der Waals surface area contributed by atoms with Crippen molar-refractivity contribution in [1.29, 1.82) is 5.26 Å². The van der Waals surface area contributed by atoms with Gasteiger partial charge in [0.2, 0.25) is 5.91 Å². The third-order valence-electron chi connectivity index (χ3n) is 6.99. The molecule has 3 heterocycles. The first-order chi connectivity index (χ1) is 16.7. The molecular weight excluding hydrogens is 447 g/mol. The third kappa shape index (κ3) is 5.44. The molecule has 0 saturated carbocycles. The summed E-state index contributed by atoms with van der Waals surface area (Å²) < 4.78 is 20.9. The molecule has 7 nitrogen and oxygen atoms in total. The average molecular weight is 483 g/mol. The molecule has 0 unspecified atom stereocenters. The van der Waals surface area contributed by atoms with Crippen LogP contribution in [-0.2, 0) is 22.5 Å². The highest BCUT2D eigenvalue weighted by molar-refractivity contribution is 5.87. The Morgan fingerprint density at radius 3 is 2.60 bits per heavy atom. The molecule has 2 aromatic rings. The zero-order valence-electron chi connectivity index (χ0n) is 20.9. The summed E-state index contributed by atoms with van der Waals surface area (Å²) in [5.41, 5.74) is 1.84. The molecule has 4 rings (SSSR count). The van der Waals surface area contributed by atoms with Crippen molar-refractivity contribution < 1.29 is 18.7 Å². The molecule has 2 amide bonds. The molecule has 8 heteroatoms. The number of carbonyl (C=O) groups excluding carboxylic acids is 2. The first-order valence-corrected chi connectivity index (χ1v) is 12.6. The Morgan fingerprint density at radius 2 is 1.89 bits per heavy atom. The Kier molecular flexibility index (Phi) is 7.34. The molecule has 0 aliphatic carbocycles. The van der Waals surface area contributed by atoms with E-state index in [0.717, 1.165) is 42.3 Å². The number of aryl methyl sites for hydroxylation is 2. The largest absolute Gasteiger partial charge is 0.444 e. The van der Waals surface area contributed by atoms with Crippen LogP contribution in [0.5, 0.6) is 0 Å². The van der Waals surface area contributed by atoms with Gasteiger partial charge in [-0.3, -0.25) is 9.69 Å². The van der Waals surface area contributed by atoms with Crippen molar-refractivity contribution in [3.63, 3.8) is 0 Å². The molecule has 35 heavy (non-hydrogen) atoms. The summed E-state index contributed by atoms with van der Waals surface area (Å²) in [5.74, 6) is 0.0128. The van der Waals surface area contributed by atoms with Gasteiger partial charge in [0.25, 0.3) is 0 Å². The van der Waals surface area contributed by atoms with Crippen LogP contribution >= 0.6 is 0 Å². The standard InChI is InChI=1S/C27H35FN4O3/c1-27(2,3)35-26(34)32-14-5-7-23(32)25(33)31-13-4-6-21(31)10-11-22-17-20-9-8-19(18-29)16-24(20)30(22)15-12-28/h8-9,16-17,21,23H,4-7,10-15H2,1-3H3/t21-,23+/m0/s1. The van der Waals surface area contributed by atoms with Gasteiger partial charge in [-0.1, -0.05) is 6.07 Å². The Hall–Kier alpha value is -3.08. The van der Waals surface area contributed by atoms with Crippen molar-refractivity contribution in [3.8, 4) is 6.07 Å². The highest BCUT2D eigenvalue weighted by Crippen LogP contribution is 2.29. The highest BCUT2D eigenvalue weighted by atomic mass is 19.1. The van der Waals surface area contributed by atoms with Gasteiger partial charge in [-0.25, -0.2) is 9.18 Å². The predicted molar refractivity (Wildman–Crippen MR) is 132 cm³/mol. The lowest BCUT2D eigenvalue weighted by Gasteiger charge is -2.32. The SMILES string of the molecule is CC(C)(C)OC(=O)N1CCC[C@@H]1C(=O)N1CCC[C@H]1CCc1cc2ccc(C#N)cc2n1CCF. The summed E-state index contributed by atoms with van der Waals surface area (Å²) in [6, 6.07) is 9.34. The molecule has 0 radical (unpaired) electrons. The molecule has 188 valence electrons. The van der Waals surface area contributed by atoms with Crippen LogP contribution in [-0.4, -0.2) is 63.8 Å². The first kappa shape index (κ1) is 25.0. The van der Waals surface area contributed by atoms with Gasteiger partial charge in [0.05, 0.1) is 18.2 Å². The van der Waals surface area contributed by atoms with Crippen molar-refractivity contribution in [3.05, 3.63) is 35.5 Å². The van der Waals surface area contributed by atoms with Gasteiger partial charge in [0.1, 0.15) is 18.3 Å². The Labute approximate surface area is 206 Å². The maximum absolute atomic E-state index is 13.5. The van der Waals surface area contributed by atoms with Gasteiger partial charge in [-0.15, -0.1) is 0 Å². The summed E-state index contributed by atoms with van der Waals surface area (Å²) >= 11 is 0. The number of hydrogen-bond donors (Lipinski definition) is 0. The lowest BCUT2D eigenvalue weighted by atomic mass is 10.1. The summed E-state index contributed by atoms with van der Waals surface area (Å²) in [4.78, 5) is 29.8. The number of carbonyl (C=O) groups is 2. The third-order valence-corrected chi connectivity index (χ3v) is 6.99. The maximum Gasteiger partial charge on any atom is 0.410 e. The van der Waals surface area contributed by atoms with Crippen molar-refractivity contribution in [2.75, 3.05) is 19.8 Å². The van der Waals surface area contributed by atoms with Crippen LogP contribution in [0, 0.1) is 11.3 Å². The van der Waals surface area contributed by atoms with Gasteiger partial charge in [-0.05, 0) is 82.9 Å². The van der Waals surface area contributed by atoms with E-state index >= 15 is 0 Å². The van der Waals surface area contributed by atoms with Crippen LogP contribution in [0.25, 0.3) is 10.9 Å². The predicted octanol–water partition coefficient (Wildman–Crippen LogP) is 4.81. The Balaban J connectivity index is 1.47. The number of ether oxygens (including phenoxy) is 1. The lowest BCUT2D eigenvalue weighted by Crippen LogP contribution is -2.50. The molecule has 0 spiro atoms. The summed E-state index contributed by atoms with van der Waals surface area (Å²) in [6.07, 6.45) is 4.39. The molecule has 1 aromatic heterocycles. The van der Waals surface area contributed by atoms with Gasteiger partial charge in [0, 0.05) is 30.3 Å².